The van der Waals surface area contributed by atoms with Crippen molar-refractivity contribution in [3.05, 3.63) is 85.7 Å². The third kappa shape index (κ3) is 8.30. The topological polar surface area (TPSA) is 48.7 Å². The maximum atomic E-state index is 13.0. The number of rotatable bonds is 7. The molecule has 3 heterocycles. The molecule has 9 heteroatoms. The van der Waals surface area contributed by atoms with E-state index in [2.05, 4.69) is 63.0 Å². The van der Waals surface area contributed by atoms with Gasteiger partial charge in [-0.1, -0.05) is 63.4 Å². The minimum atomic E-state index is 0.103. The van der Waals surface area contributed by atoms with E-state index in [0.29, 0.717) is 39.0 Å². The smallest absolute Gasteiger partial charge is 0.257 e. The minimum absolute atomic E-state index is 0.103. The third-order valence-electron chi connectivity index (χ3n) is 7.79. The minimum Gasteiger partial charge on any atom is -0.467 e. The standard InChI is InChI=1S/C25H33N3O2.C6H3BrCl2S/c29-25(22-14-24(30-18-22)15-26-23-9-10-23)28-13-3-4-21(17-28)20-7-5-19(6-8-20)16-27-11-1-2-12-27;7-3-1-4(8)6(10)5(9)2-3/h5-8,14,18,21,23,26H,1-4,9-13,15-17H2;1-2,10H. The first-order valence-corrected chi connectivity index (χ1v) is 16.1. The number of carbonyl (C=O) groups is 1. The van der Waals surface area contributed by atoms with Crippen molar-refractivity contribution < 1.29 is 9.21 Å². The van der Waals surface area contributed by atoms with E-state index in [1.807, 2.05) is 11.0 Å². The summed E-state index contributed by atoms with van der Waals surface area (Å²) < 4.78 is 6.48. The van der Waals surface area contributed by atoms with Crippen molar-refractivity contribution in [3.8, 4) is 0 Å². The number of nitrogens with one attached hydrogen (secondary N) is 1. The number of carbonyl (C=O) groups excluding carboxylic acids is 1. The predicted molar refractivity (Wildman–Crippen MR) is 169 cm³/mol. The second-order valence-electron chi connectivity index (χ2n) is 11.0. The zero-order valence-electron chi connectivity index (χ0n) is 22.6. The number of nitrogens with zero attached hydrogens (tertiary/aromatic N) is 2. The number of thiol groups is 1. The molecule has 1 aromatic heterocycles. The van der Waals surface area contributed by atoms with Crippen LogP contribution in [0.25, 0.3) is 0 Å². The van der Waals surface area contributed by atoms with E-state index >= 15 is 0 Å². The van der Waals surface area contributed by atoms with Crippen LogP contribution in [0.2, 0.25) is 10.0 Å². The maximum absolute atomic E-state index is 13.0. The third-order valence-corrected chi connectivity index (χ3v) is 9.59. The van der Waals surface area contributed by atoms with E-state index in [0.717, 1.165) is 42.7 Å². The number of piperidine rings is 1. The molecule has 1 aliphatic carbocycles. The van der Waals surface area contributed by atoms with E-state index < -0.39 is 0 Å². The Hall–Kier alpha value is -1.48. The molecular weight excluding hydrogens is 629 g/mol. The molecule has 5 nitrogen and oxygen atoms in total. The molecule has 0 bridgehead atoms. The number of halogens is 3. The predicted octanol–water partition coefficient (Wildman–Crippen LogP) is 8.19. The first-order valence-electron chi connectivity index (χ1n) is 14.1. The van der Waals surface area contributed by atoms with Gasteiger partial charge in [0.25, 0.3) is 5.91 Å². The summed E-state index contributed by atoms with van der Waals surface area (Å²) in [6.07, 6.45) is 9.00. The average molecular weight is 666 g/mol. The fourth-order valence-electron chi connectivity index (χ4n) is 5.36. The van der Waals surface area contributed by atoms with Crippen LogP contribution in [0.5, 0.6) is 0 Å². The summed E-state index contributed by atoms with van der Waals surface area (Å²) in [5.41, 5.74) is 3.44. The summed E-state index contributed by atoms with van der Waals surface area (Å²) in [6.45, 7) is 5.87. The lowest BCUT2D eigenvalue weighted by molar-refractivity contribution is 0.0706. The quantitative estimate of drug-likeness (QED) is 0.250. The largest absolute Gasteiger partial charge is 0.467 e. The number of benzene rings is 2. The molecule has 2 aliphatic heterocycles. The summed E-state index contributed by atoms with van der Waals surface area (Å²) in [5.74, 6) is 1.38. The van der Waals surface area contributed by atoms with Crippen molar-refractivity contribution in [2.24, 2.45) is 0 Å². The van der Waals surface area contributed by atoms with Gasteiger partial charge in [0.2, 0.25) is 0 Å². The molecule has 1 saturated carbocycles. The second-order valence-corrected chi connectivity index (χ2v) is 13.2. The molecule has 1 unspecified atom stereocenters. The van der Waals surface area contributed by atoms with Crippen molar-refractivity contribution in [3.63, 3.8) is 0 Å². The molecule has 2 aromatic carbocycles. The summed E-state index contributed by atoms with van der Waals surface area (Å²) in [7, 11) is 0. The zero-order chi connectivity index (χ0) is 28.1. The second kappa shape index (κ2) is 14.1. The van der Waals surface area contributed by atoms with Gasteiger partial charge in [-0.3, -0.25) is 9.69 Å². The summed E-state index contributed by atoms with van der Waals surface area (Å²) >= 11 is 18.8. The highest BCUT2D eigenvalue weighted by Crippen LogP contribution is 2.32. The first kappa shape index (κ1) is 30.0. The van der Waals surface area contributed by atoms with Gasteiger partial charge in [0, 0.05) is 41.0 Å². The van der Waals surface area contributed by atoms with Gasteiger partial charge in [0.1, 0.15) is 12.0 Å². The number of hydrogen-bond donors (Lipinski definition) is 2. The molecule has 1 N–H and O–H groups in total. The number of amides is 1. The van der Waals surface area contributed by atoms with Gasteiger partial charge in [-0.15, -0.1) is 12.6 Å². The van der Waals surface area contributed by atoms with Gasteiger partial charge in [-0.25, -0.2) is 0 Å². The highest BCUT2D eigenvalue weighted by atomic mass is 79.9. The number of likely N-dealkylation sites (tertiary alicyclic amines) is 2. The van der Waals surface area contributed by atoms with Crippen LogP contribution in [0, 0.1) is 0 Å². The fraction of sp³-hybridized carbons (Fsp3) is 0.452. The van der Waals surface area contributed by atoms with Crippen LogP contribution in [0.3, 0.4) is 0 Å². The summed E-state index contributed by atoms with van der Waals surface area (Å²) in [6, 6.07) is 15.2. The monoisotopic (exact) mass is 663 g/mol. The lowest BCUT2D eigenvalue weighted by Crippen LogP contribution is -2.39. The van der Waals surface area contributed by atoms with Crippen molar-refractivity contribution >= 4 is 57.7 Å². The van der Waals surface area contributed by atoms with Crippen LogP contribution in [0.4, 0.5) is 0 Å². The molecule has 2 saturated heterocycles. The van der Waals surface area contributed by atoms with Crippen LogP contribution in [0.1, 0.15) is 71.7 Å². The SMILES string of the molecule is O=C(c1coc(CNC2CC2)c1)N1CCCC(c2ccc(CN3CCCC3)cc2)C1.Sc1c(Cl)cc(Br)cc1Cl. The van der Waals surface area contributed by atoms with Crippen LogP contribution in [-0.4, -0.2) is 47.9 Å². The zero-order valence-corrected chi connectivity index (χ0v) is 26.5. The highest BCUT2D eigenvalue weighted by Gasteiger charge is 2.27. The molecular formula is C31H36BrCl2N3O2S. The molecule has 3 aromatic rings. The van der Waals surface area contributed by atoms with Crippen molar-refractivity contribution in [1.29, 1.82) is 0 Å². The Morgan fingerprint density at radius 2 is 1.70 bits per heavy atom. The Labute approximate surface area is 261 Å². The van der Waals surface area contributed by atoms with Crippen LogP contribution in [-0.2, 0) is 13.1 Å². The number of hydrogen-bond acceptors (Lipinski definition) is 5. The van der Waals surface area contributed by atoms with Gasteiger partial charge in [-0.2, -0.15) is 0 Å². The molecule has 6 rings (SSSR count). The average Bonchev–Trinajstić information content (AvgIpc) is 3.42. The van der Waals surface area contributed by atoms with E-state index in [9.17, 15) is 4.79 Å². The van der Waals surface area contributed by atoms with Crippen LogP contribution >= 0.6 is 51.8 Å². The summed E-state index contributed by atoms with van der Waals surface area (Å²) in [5, 5.41) is 4.55. The highest BCUT2D eigenvalue weighted by molar-refractivity contribution is 9.10. The number of furan rings is 1. The van der Waals surface area contributed by atoms with Gasteiger partial charge in [-0.05, 0) is 80.9 Å². The molecule has 3 fully saturated rings. The first-order chi connectivity index (χ1) is 19.4. The molecule has 1 atom stereocenters. The molecule has 3 aliphatic rings. The van der Waals surface area contributed by atoms with Crippen molar-refractivity contribution in [1.82, 2.24) is 15.1 Å². The van der Waals surface area contributed by atoms with Gasteiger partial charge in [0.15, 0.2) is 0 Å². The maximum Gasteiger partial charge on any atom is 0.257 e. The van der Waals surface area contributed by atoms with Crippen LogP contribution in [0.15, 0.2) is 62.5 Å². The lowest BCUT2D eigenvalue weighted by atomic mass is 9.90. The summed E-state index contributed by atoms with van der Waals surface area (Å²) in [4.78, 5) is 18.2. The normalized spacial score (nSPS) is 19.4. The van der Waals surface area contributed by atoms with Crippen LogP contribution < -0.4 is 5.32 Å². The Morgan fingerprint density at radius 3 is 2.38 bits per heavy atom. The van der Waals surface area contributed by atoms with Gasteiger partial charge >= 0.3 is 0 Å². The lowest BCUT2D eigenvalue weighted by Gasteiger charge is -2.33. The van der Waals surface area contributed by atoms with E-state index in [4.69, 9.17) is 27.6 Å². The molecule has 40 heavy (non-hydrogen) atoms. The molecule has 0 radical (unpaired) electrons. The Kier molecular flexibility index (Phi) is 10.6. The molecule has 1 amide bonds. The fourth-order valence-corrected chi connectivity index (χ4v) is 6.70. The van der Waals surface area contributed by atoms with Gasteiger partial charge in [0.05, 0.1) is 22.2 Å². The Bertz CT molecular complexity index is 1270. The molecule has 214 valence electrons. The van der Waals surface area contributed by atoms with Gasteiger partial charge < -0.3 is 14.6 Å². The van der Waals surface area contributed by atoms with E-state index in [1.165, 1.54) is 49.9 Å². The Morgan fingerprint density at radius 1 is 1.00 bits per heavy atom. The van der Waals surface area contributed by atoms with Crippen molar-refractivity contribution in [2.75, 3.05) is 26.2 Å². The Balaban J connectivity index is 0.000000274. The van der Waals surface area contributed by atoms with Crippen molar-refractivity contribution in [2.45, 2.75) is 68.5 Å². The van der Waals surface area contributed by atoms with E-state index in [1.54, 1.807) is 18.4 Å². The van der Waals surface area contributed by atoms with E-state index in [-0.39, 0.29) is 5.91 Å². The molecule has 0 spiro atoms.